The monoisotopic (exact) mass is 607 g/mol. The van der Waals surface area contributed by atoms with Gasteiger partial charge in [-0.15, -0.1) is 0 Å². The molecule has 3 aromatic carbocycles. The summed E-state index contributed by atoms with van der Waals surface area (Å²) in [6.45, 7) is 4.66. The number of carbonyl (C=O) groups excluding carboxylic acids is 2. The highest BCUT2D eigenvalue weighted by Gasteiger charge is 2.35. The van der Waals surface area contributed by atoms with Gasteiger partial charge < -0.3 is 10.2 Å². The molecule has 3 aromatic rings. The summed E-state index contributed by atoms with van der Waals surface area (Å²) < 4.78 is 43.2. The first kappa shape index (κ1) is 31.4. The second-order valence-electron chi connectivity index (χ2n) is 9.28. The van der Waals surface area contributed by atoms with Gasteiger partial charge in [0.1, 0.15) is 18.4 Å². The molecule has 0 radical (unpaired) electrons. The predicted octanol–water partition coefficient (Wildman–Crippen LogP) is 6.05. The highest BCUT2D eigenvalue weighted by molar-refractivity contribution is 7.92. The molecule has 1 N–H and O–H groups in total. The number of amides is 2. The fourth-order valence-corrected chi connectivity index (χ4v) is 5.99. The first-order chi connectivity index (χ1) is 19.0. The number of hydrogen-bond acceptors (Lipinski definition) is 4. The van der Waals surface area contributed by atoms with Crippen LogP contribution in [0.3, 0.4) is 0 Å². The molecule has 40 heavy (non-hydrogen) atoms. The third-order valence-corrected chi connectivity index (χ3v) is 8.83. The van der Waals surface area contributed by atoms with Gasteiger partial charge >= 0.3 is 0 Å². The highest BCUT2D eigenvalue weighted by Crippen LogP contribution is 2.28. The maximum atomic E-state index is 15.0. The minimum atomic E-state index is -4.37. The molecule has 0 heterocycles. The Kier molecular flexibility index (Phi) is 11.0. The van der Waals surface area contributed by atoms with Gasteiger partial charge in [0, 0.05) is 22.6 Å². The van der Waals surface area contributed by atoms with Gasteiger partial charge in [0.25, 0.3) is 10.0 Å². The molecule has 0 fully saturated rings. The zero-order chi connectivity index (χ0) is 29.4. The number of carbonyl (C=O) groups is 2. The van der Waals surface area contributed by atoms with Gasteiger partial charge in [-0.1, -0.05) is 73.4 Å². The number of rotatable bonds is 12. The van der Waals surface area contributed by atoms with E-state index < -0.39 is 40.2 Å². The van der Waals surface area contributed by atoms with Crippen molar-refractivity contribution in [1.82, 2.24) is 10.2 Å². The Labute approximate surface area is 244 Å². The number of halogens is 3. The van der Waals surface area contributed by atoms with Crippen molar-refractivity contribution in [1.29, 1.82) is 0 Å². The van der Waals surface area contributed by atoms with E-state index in [1.165, 1.54) is 53.4 Å². The molecular weight excluding hydrogens is 576 g/mol. The number of benzene rings is 3. The summed E-state index contributed by atoms with van der Waals surface area (Å²) in [4.78, 5) is 28.5. The van der Waals surface area contributed by atoms with E-state index in [-0.39, 0.29) is 34.6 Å². The molecule has 0 aliphatic heterocycles. The second kappa shape index (κ2) is 14.0. The maximum Gasteiger partial charge on any atom is 0.264 e. The van der Waals surface area contributed by atoms with Crippen molar-refractivity contribution in [3.8, 4) is 0 Å². The molecule has 0 aliphatic rings. The average molecular weight is 609 g/mol. The normalized spacial score (nSPS) is 12.8. The van der Waals surface area contributed by atoms with Crippen LogP contribution in [0, 0.1) is 5.82 Å². The molecule has 11 heteroatoms. The lowest BCUT2D eigenvalue weighted by atomic mass is 10.1. The van der Waals surface area contributed by atoms with Crippen molar-refractivity contribution in [3.63, 3.8) is 0 Å². The van der Waals surface area contributed by atoms with Gasteiger partial charge in [0.05, 0.1) is 10.6 Å². The Bertz CT molecular complexity index is 1440. The Hall–Kier alpha value is -3.14. The number of sulfonamides is 1. The molecule has 0 saturated carbocycles. The fourth-order valence-electron chi connectivity index (χ4n) is 4.08. The molecule has 0 unspecified atom stereocenters. The van der Waals surface area contributed by atoms with E-state index in [0.29, 0.717) is 17.0 Å². The summed E-state index contributed by atoms with van der Waals surface area (Å²) in [7, 11) is -4.37. The third-order valence-electron chi connectivity index (χ3n) is 6.47. The summed E-state index contributed by atoms with van der Waals surface area (Å²) in [5.41, 5.74) is 0.221. The lowest BCUT2D eigenvalue weighted by molar-refractivity contribution is -0.140. The van der Waals surface area contributed by atoms with Crippen LogP contribution in [0.5, 0.6) is 0 Å². The minimum Gasteiger partial charge on any atom is -0.352 e. The smallest absolute Gasteiger partial charge is 0.264 e. The molecular formula is C29H32Cl2FN3O4S. The van der Waals surface area contributed by atoms with Crippen molar-refractivity contribution < 1.29 is 22.4 Å². The van der Waals surface area contributed by atoms with Crippen molar-refractivity contribution in [2.45, 2.75) is 57.1 Å². The predicted molar refractivity (Wildman–Crippen MR) is 156 cm³/mol. The molecule has 0 saturated heterocycles. The summed E-state index contributed by atoms with van der Waals surface area (Å²) in [6.07, 6.45) is 0.917. The molecule has 214 valence electrons. The largest absolute Gasteiger partial charge is 0.352 e. The zero-order valence-corrected chi connectivity index (χ0v) is 24.8. The SMILES string of the molecule is CC[C@H](C(=O)N[C@@H](C)CC)N(Cc1ccc(Cl)cc1Cl)C(=O)CN(c1ccccc1F)S(=O)(=O)c1ccccc1. The van der Waals surface area contributed by atoms with Crippen LogP contribution in [-0.4, -0.2) is 43.8 Å². The van der Waals surface area contributed by atoms with Crippen molar-refractivity contribution in [2.24, 2.45) is 0 Å². The van der Waals surface area contributed by atoms with Crippen LogP contribution in [0.4, 0.5) is 10.1 Å². The number of anilines is 1. The van der Waals surface area contributed by atoms with Crippen LogP contribution >= 0.6 is 23.2 Å². The topological polar surface area (TPSA) is 86.8 Å². The first-order valence-corrected chi connectivity index (χ1v) is 15.0. The lowest BCUT2D eigenvalue weighted by Gasteiger charge is -2.34. The third kappa shape index (κ3) is 7.53. The van der Waals surface area contributed by atoms with Crippen molar-refractivity contribution >= 4 is 50.7 Å². The second-order valence-corrected chi connectivity index (χ2v) is 12.0. The number of nitrogens with one attached hydrogen (secondary N) is 1. The van der Waals surface area contributed by atoms with Gasteiger partial charge in [-0.05, 0) is 61.7 Å². The van der Waals surface area contributed by atoms with Crippen LogP contribution in [0.25, 0.3) is 0 Å². The quantitative estimate of drug-likeness (QED) is 0.271. The van der Waals surface area contributed by atoms with E-state index in [1.807, 2.05) is 13.8 Å². The Balaban J connectivity index is 2.08. The van der Waals surface area contributed by atoms with E-state index in [4.69, 9.17) is 23.2 Å². The molecule has 2 atom stereocenters. The number of nitrogens with zero attached hydrogens (tertiary/aromatic N) is 2. The average Bonchev–Trinajstić information content (AvgIpc) is 2.93. The molecule has 0 aromatic heterocycles. The maximum absolute atomic E-state index is 15.0. The van der Waals surface area contributed by atoms with Gasteiger partial charge in [-0.25, -0.2) is 12.8 Å². The van der Waals surface area contributed by atoms with Gasteiger partial charge in [-0.2, -0.15) is 0 Å². The van der Waals surface area contributed by atoms with E-state index in [9.17, 15) is 22.4 Å². The summed E-state index contributed by atoms with van der Waals surface area (Å²) >= 11 is 12.5. The summed E-state index contributed by atoms with van der Waals surface area (Å²) in [5, 5.41) is 3.58. The van der Waals surface area contributed by atoms with Crippen LogP contribution in [0.15, 0.2) is 77.7 Å². The molecule has 3 rings (SSSR count). The summed E-state index contributed by atoms with van der Waals surface area (Å²) in [5.74, 6) is -1.91. The van der Waals surface area contributed by atoms with Crippen molar-refractivity contribution in [3.05, 3.63) is 94.2 Å². The van der Waals surface area contributed by atoms with Crippen molar-refractivity contribution in [2.75, 3.05) is 10.8 Å². The van der Waals surface area contributed by atoms with Crippen LogP contribution in [-0.2, 0) is 26.2 Å². The molecule has 0 bridgehead atoms. The highest BCUT2D eigenvalue weighted by atomic mass is 35.5. The Morgan fingerprint density at radius 2 is 1.60 bits per heavy atom. The lowest BCUT2D eigenvalue weighted by Crippen LogP contribution is -2.53. The van der Waals surface area contributed by atoms with Crippen LogP contribution in [0.1, 0.15) is 39.2 Å². The van der Waals surface area contributed by atoms with Gasteiger partial charge in [-0.3, -0.25) is 13.9 Å². The van der Waals surface area contributed by atoms with E-state index >= 15 is 0 Å². The molecule has 0 aliphatic carbocycles. The molecule has 7 nitrogen and oxygen atoms in total. The first-order valence-electron chi connectivity index (χ1n) is 12.9. The van der Waals surface area contributed by atoms with E-state index in [0.717, 1.165) is 10.4 Å². The number of hydrogen-bond donors (Lipinski definition) is 1. The van der Waals surface area contributed by atoms with E-state index in [1.54, 1.807) is 25.1 Å². The van der Waals surface area contributed by atoms with Crippen LogP contribution in [0.2, 0.25) is 10.0 Å². The molecule has 0 spiro atoms. The fraction of sp³-hybridized carbons (Fsp3) is 0.310. The van der Waals surface area contributed by atoms with E-state index in [2.05, 4.69) is 5.32 Å². The standard InChI is InChI=1S/C29H32Cl2FN3O4S/c1-4-20(3)33-29(37)26(5-2)34(18-21-15-16-22(30)17-24(21)31)28(36)19-35(27-14-10-9-13-25(27)32)40(38,39)23-11-7-6-8-12-23/h6-17,20,26H,4-5,18-19H2,1-3H3,(H,33,37)/t20-,26+/m0/s1. The number of para-hydroxylation sites is 1. The summed E-state index contributed by atoms with van der Waals surface area (Å²) in [6, 6.07) is 16.4. The Morgan fingerprint density at radius 3 is 2.20 bits per heavy atom. The van der Waals surface area contributed by atoms with Gasteiger partial charge in [0.15, 0.2) is 0 Å². The van der Waals surface area contributed by atoms with Gasteiger partial charge in [0.2, 0.25) is 11.8 Å². The molecule has 2 amide bonds. The van der Waals surface area contributed by atoms with Crippen LogP contribution < -0.4 is 9.62 Å². The minimum absolute atomic E-state index is 0.0994. The Morgan fingerprint density at radius 1 is 0.950 bits per heavy atom. The zero-order valence-electron chi connectivity index (χ0n) is 22.5.